The van der Waals surface area contributed by atoms with Crippen LogP contribution in [0.4, 0.5) is 5.69 Å². The van der Waals surface area contributed by atoms with E-state index in [0.717, 1.165) is 28.5 Å². The van der Waals surface area contributed by atoms with Gasteiger partial charge in [0, 0.05) is 30.0 Å². The Labute approximate surface area is 198 Å². The number of ether oxygens (including phenoxy) is 1. The smallest absolute Gasteiger partial charge is 0.174 e. The van der Waals surface area contributed by atoms with Crippen LogP contribution >= 0.6 is 12.2 Å². The number of aromatic nitrogens is 3. The van der Waals surface area contributed by atoms with E-state index >= 15 is 0 Å². The zero-order valence-electron chi connectivity index (χ0n) is 18.3. The molecule has 7 heteroatoms. The maximum absolute atomic E-state index is 5.84. The van der Waals surface area contributed by atoms with Crippen molar-refractivity contribution in [1.29, 1.82) is 0 Å². The van der Waals surface area contributed by atoms with Crippen molar-refractivity contribution < 1.29 is 4.74 Å². The minimum absolute atomic E-state index is 0.0796. The fourth-order valence-electron chi connectivity index (χ4n) is 4.31. The van der Waals surface area contributed by atoms with Gasteiger partial charge < -0.3 is 19.5 Å². The van der Waals surface area contributed by atoms with E-state index in [1.54, 1.807) is 0 Å². The van der Waals surface area contributed by atoms with Crippen molar-refractivity contribution in [2.75, 3.05) is 11.5 Å². The third kappa shape index (κ3) is 4.32. The third-order valence-corrected chi connectivity index (χ3v) is 6.06. The maximum atomic E-state index is 5.84. The lowest BCUT2D eigenvalue weighted by Crippen LogP contribution is -2.30. The van der Waals surface area contributed by atoms with E-state index in [4.69, 9.17) is 17.0 Å². The Bertz CT molecular complexity index is 1210. The monoisotopic (exact) mass is 455 g/mol. The quantitative estimate of drug-likeness (QED) is 0.400. The Morgan fingerprint density at radius 1 is 0.939 bits per heavy atom. The summed E-state index contributed by atoms with van der Waals surface area (Å²) < 4.78 is 7.87. The summed E-state index contributed by atoms with van der Waals surface area (Å²) in [5, 5.41) is 4.19. The fraction of sp³-hybridized carbons (Fsp3) is 0.192. The van der Waals surface area contributed by atoms with Crippen molar-refractivity contribution >= 4 is 23.0 Å². The highest BCUT2D eigenvalue weighted by molar-refractivity contribution is 7.80. The molecule has 33 heavy (non-hydrogen) atoms. The summed E-state index contributed by atoms with van der Waals surface area (Å²) >= 11 is 5.84. The lowest BCUT2D eigenvalue weighted by molar-refractivity contribution is 0.340. The number of hydrogen-bond donors (Lipinski definition) is 1. The van der Waals surface area contributed by atoms with Gasteiger partial charge in [0.25, 0.3) is 0 Å². The maximum Gasteiger partial charge on any atom is 0.174 e. The molecule has 4 heterocycles. The SMILES string of the molecule is CCOc1ccc(N2C(=S)NC(c3ccccn3)C2c2cccn2Cc2ccccn2)cc1. The average molecular weight is 456 g/mol. The number of anilines is 1. The normalized spacial score (nSPS) is 17.7. The van der Waals surface area contributed by atoms with Crippen LogP contribution in [-0.4, -0.2) is 26.3 Å². The number of hydrogen-bond acceptors (Lipinski definition) is 4. The van der Waals surface area contributed by atoms with Gasteiger partial charge in [-0.25, -0.2) is 0 Å². The molecule has 1 aromatic carbocycles. The van der Waals surface area contributed by atoms with E-state index < -0.39 is 0 Å². The molecule has 6 nitrogen and oxygen atoms in total. The van der Waals surface area contributed by atoms with E-state index in [0.29, 0.717) is 18.3 Å². The molecule has 2 unspecified atom stereocenters. The topological polar surface area (TPSA) is 55.2 Å². The molecule has 166 valence electrons. The van der Waals surface area contributed by atoms with E-state index in [9.17, 15) is 0 Å². The van der Waals surface area contributed by atoms with Crippen LogP contribution in [0.25, 0.3) is 0 Å². The number of nitrogens with one attached hydrogen (secondary N) is 1. The predicted octanol–water partition coefficient (Wildman–Crippen LogP) is 4.90. The number of pyridine rings is 2. The molecule has 0 radical (unpaired) electrons. The number of thiocarbonyl (C=S) groups is 1. The van der Waals surface area contributed by atoms with Crippen molar-refractivity contribution in [1.82, 2.24) is 19.9 Å². The highest BCUT2D eigenvalue weighted by atomic mass is 32.1. The second kappa shape index (κ2) is 9.42. The van der Waals surface area contributed by atoms with Gasteiger partial charge in [-0.1, -0.05) is 12.1 Å². The van der Waals surface area contributed by atoms with E-state index in [2.05, 4.69) is 55.2 Å². The van der Waals surface area contributed by atoms with Crippen molar-refractivity contribution in [3.05, 3.63) is 108 Å². The molecule has 5 rings (SSSR count). The number of rotatable bonds is 7. The molecule has 1 aliphatic heterocycles. The van der Waals surface area contributed by atoms with E-state index in [-0.39, 0.29) is 12.1 Å². The van der Waals surface area contributed by atoms with Crippen LogP contribution in [0.1, 0.15) is 36.1 Å². The molecule has 0 amide bonds. The van der Waals surface area contributed by atoms with Gasteiger partial charge in [-0.15, -0.1) is 0 Å². The molecular weight excluding hydrogens is 430 g/mol. The van der Waals surface area contributed by atoms with Crippen LogP contribution in [0.15, 0.2) is 91.4 Å². The summed E-state index contributed by atoms with van der Waals surface area (Å²) in [6.07, 6.45) is 5.74. The zero-order chi connectivity index (χ0) is 22.6. The molecule has 1 N–H and O–H groups in total. The molecule has 2 atom stereocenters. The second-order valence-corrected chi connectivity index (χ2v) is 8.19. The summed E-state index contributed by atoms with van der Waals surface area (Å²) in [6.45, 7) is 3.30. The standard InChI is InChI=1S/C26H25N5OS/c1-2-32-21-13-11-20(12-14-21)31-25(24(29-26(31)33)22-9-4-6-16-28-22)23-10-7-17-30(23)18-19-8-3-5-15-27-19/h3-17,24-25H,2,18H2,1H3,(H,29,33). The predicted molar refractivity (Wildman–Crippen MR) is 133 cm³/mol. The van der Waals surface area contributed by atoms with Gasteiger partial charge in [-0.05, 0) is 79.8 Å². The minimum atomic E-state index is -0.0948. The Hall–Kier alpha value is -3.71. The van der Waals surface area contributed by atoms with Crippen LogP contribution in [0, 0.1) is 0 Å². The van der Waals surface area contributed by atoms with Gasteiger partial charge in [0.2, 0.25) is 0 Å². The van der Waals surface area contributed by atoms with Gasteiger partial charge >= 0.3 is 0 Å². The Kier molecular flexibility index (Phi) is 6.04. The first-order chi connectivity index (χ1) is 16.2. The summed E-state index contributed by atoms with van der Waals surface area (Å²) in [5.74, 6) is 0.843. The fourth-order valence-corrected chi connectivity index (χ4v) is 4.65. The van der Waals surface area contributed by atoms with Crippen molar-refractivity contribution in [3.8, 4) is 5.75 Å². The molecule has 1 saturated heterocycles. The molecule has 1 fully saturated rings. The Morgan fingerprint density at radius 3 is 2.42 bits per heavy atom. The van der Waals surface area contributed by atoms with E-state index in [1.807, 2.05) is 67.8 Å². The average Bonchev–Trinajstić information content (AvgIpc) is 3.44. The Balaban J connectivity index is 1.56. The molecule has 0 spiro atoms. The van der Waals surface area contributed by atoms with Crippen molar-refractivity contribution in [2.45, 2.75) is 25.6 Å². The van der Waals surface area contributed by atoms with Crippen LogP contribution in [-0.2, 0) is 6.54 Å². The lowest BCUT2D eigenvalue weighted by Gasteiger charge is -2.29. The second-order valence-electron chi connectivity index (χ2n) is 7.81. The van der Waals surface area contributed by atoms with Gasteiger partial charge in [-0.2, -0.15) is 0 Å². The summed E-state index contributed by atoms with van der Waals surface area (Å²) in [7, 11) is 0. The van der Waals surface area contributed by atoms with Gasteiger partial charge in [0.1, 0.15) is 11.8 Å². The zero-order valence-corrected chi connectivity index (χ0v) is 19.2. The summed E-state index contributed by atoms with van der Waals surface area (Å²) in [5.41, 5.74) is 4.09. The molecule has 1 aliphatic rings. The molecule has 0 aliphatic carbocycles. The first-order valence-corrected chi connectivity index (χ1v) is 11.4. The lowest BCUT2D eigenvalue weighted by atomic mass is 10.0. The van der Waals surface area contributed by atoms with Crippen LogP contribution in [0.2, 0.25) is 0 Å². The van der Waals surface area contributed by atoms with E-state index in [1.165, 1.54) is 0 Å². The molecule has 4 aromatic rings. The summed E-state index contributed by atoms with van der Waals surface area (Å²) in [4.78, 5) is 11.3. The molecule has 0 saturated carbocycles. The van der Waals surface area contributed by atoms with Crippen molar-refractivity contribution in [2.24, 2.45) is 0 Å². The largest absolute Gasteiger partial charge is 0.494 e. The van der Waals surface area contributed by atoms with Crippen LogP contribution in [0.3, 0.4) is 0 Å². The summed E-state index contributed by atoms with van der Waals surface area (Å²) in [6, 6.07) is 24.1. The van der Waals surface area contributed by atoms with Crippen molar-refractivity contribution in [3.63, 3.8) is 0 Å². The molecular formula is C26H25N5OS. The van der Waals surface area contributed by atoms with Crippen LogP contribution < -0.4 is 15.0 Å². The minimum Gasteiger partial charge on any atom is -0.494 e. The highest BCUT2D eigenvalue weighted by Crippen LogP contribution is 2.42. The molecule has 3 aromatic heterocycles. The highest BCUT2D eigenvalue weighted by Gasteiger charge is 2.42. The van der Waals surface area contributed by atoms with Gasteiger partial charge in [-0.3, -0.25) is 9.97 Å². The first kappa shape index (κ1) is 21.2. The van der Waals surface area contributed by atoms with Gasteiger partial charge in [0.15, 0.2) is 5.11 Å². The number of benzene rings is 1. The molecule has 0 bridgehead atoms. The first-order valence-electron chi connectivity index (χ1n) is 11.0. The van der Waals surface area contributed by atoms with Gasteiger partial charge in [0.05, 0.1) is 30.6 Å². The number of nitrogens with zero attached hydrogens (tertiary/aromatic N) is 4. The van der Waals surface area contributed by atoms with Crippen LogP contribution in [0.5, 0.6) is 5.75 Å². The Morgan fingerprint density at radius 2 is 1.73 bits per heavy atom. The third-order valence-electron chi connectivity index (χ3n) is 5.75.